The molecule has 0 radical (unpaired) electrons. The molecule has 0 aromatic heterocycles. The Kier molecular flexibility index (Phi) is 11.9. The van der Waals surface area contributed by atoms with Crippen LogP contribution in [0.15, 0.2) is 24.3 Å². The maximum absolute atomic E-state index is 13.9. The molecule has 0 aliphatic carbocycles. The molecule has 0 N–H and O–H groups in total. The minimum absolute atomic E-state index is 0.327. The van der Waals surface area contributed by atoms with Gasteiger partial charge in [-0.1, -0.05) is 96.9 Å². The van der Waals surface area contributed by atoms with Crippen LogP contribution in [0.1, 0.15) is 153 Å². The van der Waals surface area contributed by atoms with Crippen molar-refractivity contribution in [3.05, 3.63) is 57.6 Å². The first-order chi connectivity index (χ1) is 20.0. The van der Waals surface area contributed by atoms with Crippen LogP contribution >= 0.6 is 8.25 Å². The van der Waals surface area contributed by atoms with Crippen molar-refractivity contribution in [2.24, 2.45) is 0 Å². The molecule has 44 heavy (non-hydrogen) atoms. The molecule has 2 aromatic carbocycles. The molecular weight excluding hydrogens is 575 g/mol. The summed E-state index contributed by atoms with van der Waals surface area (Å²) >= 11 is 0. The zero-order valence-corrected chi connectivity index (χ0v) is 30.3. The Hall–Kier alpha value is -2.92. The van der Waals surface area contributed by atoms with Crippen LogP contribution in [0.5, 0.6) is 11.5 Å². The van der Waals surface area contributed by atoms with Crippen LogP contribution in [-0.2, 0) is 35.7 Å². The number of carbonyl (C=O) groups is 2. The lowest BCUT2D eigenvalue weighted by Crippen LogP contribution is -2.22. The van der Waals surface area contributed by atoms with Crippen LogP contribution in [0.3, 0.4) is 0 Å². The first-order valence-corrected chi connectivity index (χ1v) is 16.7. The molecule has 244 valence electrons. The van der Waals surface area contributed by atoms with E-state index in [9.17, 15) is 14.2 Å². The molecule has 0 atom stereocenters. The molecule has 0 aliphatic rings. The first kappa shape index (κ1) is 37.3. The predicted octanol–water partition coefficient (Wildman–Crippen LogP) is 10.1. The van der Waals surface area contributed by atoms with E-state index < -0.39 is 41.9 Å². The molecule has 2 aromatic rings. The van der Waals surface area contributed by atoms with Gasteiger partial charge in [-0.3, -0.25) is 0 Å². The van der Waals surface area contributed by atoms with Crippen LogP contribution in [0.4, 0.5) is 0 Å². The smallest absolute Gasteiger partial charge is 0.462 e. The lowest BCUT2D eigenvalue weighted by atomic mass is 9.78. The Labute approximate surface area is 266 Å². The van der Waals surface area contributed by atoms with Gasteiger partial charge in [-0.15, -0.1) is 0 Å². The van der Waals surface area contributed by atoms with Crippen molar-refractivity contribution >= 4 is 20.2 Å². The highest BCUT2D eigenvalue weighted by molar-refractivity contribution is 7.34. The monoisotopic (exact) mass is 629 g/mol. The third-order valence-electron chi connectivity index (χ3n) is 7.09. The topological polar surface area (TPSA) is 88.1 Å². The molecule has 0 bridgehead atoms. The summed E-state index contributed by atoms with van der Waals surface area (Å²) in [7, 11) is -2.74. The highest BCUT2D eigenvalue weighted by Gasteiger charge is 2.39. The van der Waals surface area contributed by atoms with Gasteiger partial charge in [-0.2, -0.15) is 0 Å². The molecule has 0 spiro atoms. The van der Waals surface area contributed by atoms with Crippen molar-refractivity contribution in [2.45, 2.75) is 131 Å². The fourth-order valence-electron chi connectivity index (χ4n) is 4.64. The second kappa shape index (κ2) is 14.0. The maximum atomic E-state index is 13.9. The predicted molar refractivity (Wildman–Crippen MR) is 178 cm³/mol. The zero-order chi connectivity index (χ0) is 33.8. The van der Waals surface area contributed by atoms with Crippen molar-refractivity contribution < 1.29 is 32.7 Å². The van der Waals surface area contributed by atoms with E-state index in [1.807, 2.05) is 96.9 Å². The summed E-state index contributed by atoms with van der Waals surface area (Å²) in [5.41, 5.74) is 1.91. The summed E-state index contributed by atoms with van der Waals surface area (Å²) in [6, 6.07) is 7.07. The van der Waals surface area contributed by atoms with Gasteiger partial charge in [0.25, 0.3) is 0 Å². The molecular formula is C36H54O7P+. The third kappa shape index (κ3) is 9.54. The van der Waals surface area contributed by atoms with E-state index in [1.165, 1.54) is 0 Å². The van der Waals surface area contributed by atoms with Crippen molar-refractivity contribution in [1.29, 1.82) is 0 Å². The van der Waals surface area contributed by atoms with E-state index in [2.05, 4.69) is 0 Å². The highest BCUT2D eigenvalue weighted by atomic mass is 31.1. The molecule has 0 saturated heterocycles. The number of esters is 2. The van der Waals surface area contributed by atoms with Gasteiger partial charge < -0.3 is 9.47 Å². The summed E-state index contributed by atoms with van der Waals surface area (Å²) in [6.07, 6.45) is 1.44. The molecule has 0 unspecified atom stereocenters. The standard InChI is InChI=1S/C36H54O7P/c1-15-17-40-31(37)23-19-25(33(3,4)5)29(26(20-23)34(6,7)8)42-44(39)43-30-27(35(9,10)11)21-24(32(38)41-18-16-2)22-28(30)36(12,13)14/h19-22H,15-18H2,1-14H3/q+1. The second-order valence-corrected chi connectivity index (χ2v) is 16.3. The van der Waals surface area contributed by atoms with E-state index in [0.717, 1.165) is 35.1 Å². The van der Waals surface area contributed by atoms with Crippen LogP contribution in [0.2, 0.25) is 0 Å². The number of rotatable bonds is 10. The molecule has 0 aliphatic heterocycles. The minimum Gasteiger partial charge on any atom is -0.462 e. The number of ether oxygens (including phenoxy) is 2. The van der Waals surface area contributed by atoms with Crippen molar-refractivity contribution in [2.75, 3.05) is 13.2 Å². The number of hydrogen-bond donors (Lipinski definition) is 0. The van der Waals surface area contributed by atoms with Crippen molar-refractivity contribution in [1.82, 2.24) is 0 Å². The Morgan fingerprint density at radius 1 is 0.545 bits per heavy atom. The van der Waals surface area contributed by atoms with Gasteiger partial charge >= 0.3 is 20.2 Å². The molecule has 0 fully saturated rings. The Morgan fingerprint density at radius 3 is 1.00 bits per heavy atom. The molecule has 8 heteroatoms. The normalized spacial score (nSPS) is 12.5. The van der Waals surface area contributed by atoms with Crippen LogP contribution in [0.25, 0.3) is 0 Å². The summed E-state index contributed by atoms with van der Waals surface area (Å²) in [4.78, 5) is 25.9. The van der Waals surface area contributed by atoms with Gasteiger partial charge in [-0.05, 0) is 58.8 Å². The minimum atomic E-state index is -2.74. The zero-order valence-electron chi connectivity index (χ0n) is 29.4. The number of hydrogen-bond acceptors (Lipinski definition) is 7. The van der Waals surface area contributed by atoms with Crippen LogP contribution < -0.4 is 9.05 Å². The Morgan fingerprint density at radius 2 is 0.795 bits per heavy atom. The van der Waals surface area contributed by atoms with E-state index in [4.69, 9.17) is 18.5 Å². The quantitative estimate of drug-likeness (QED) is 0.191. The average molecular weight is 630 g/mol. The van der Waals surface area contributed by atoms with Gasteiger partial charge in [0.1, 0.15) is 0 Å². The van der Waals surface area contributed by atoms with E-state index in [0.29, 0.717) is 35.8 Å². The Bertz CT molecular complexity index is 1190. The van der Waals surface area contributed by atoms with Gasteiger partial charge in [0.2, 0.25) is 0 Å². The van der Waals surface area contributed by atoms with Crippen LogP contribution in [0, 0.1) is 0 Å². The van der Waals surface area contributed by atoms with Crippen LogP contribution in [-0.4, -0.2) is 25.2 Å². The van der Waals surface area contributed by atoms with E-state index >= 15 is 0 Å². The maximum Gasteiger partial charge on any atom is 0.805 e. The number of carbonyl (C=O) groups excluding carboxylic acids is 2. The van der Waals surface area contributed by atoms with Gasteiger partial charge in [0, 0.05) is 26.8 Å². The largest absolute Gasteiger partial charge is 0.805 e. The SMILES string of the molecule is CCCOC(=O)c1cc(C(C)(C)C)c(O[P+](=O)Oc2c(C(C)(C)C)cc(C(=O)OCCC)cc2C(C)(C)C)c(C(C)(C)C)c1. The Balaban J connectivity index is 2.75. The lowest BCUT2D eigenvalue weighted by Gasteiger charge is -2.28. The average Bonchev–Trinajstić information content (AvgIpc) is 2.87. The molecule has 7 nitrogen and oxygen atoms in total. The fourth-order valence-corrected chi connectivity index (χ4v) is 5.37. The van der Waals surface area contributed by atoms with Gasteiger partial charge in [0.05, 0.1) is 24.3 Å². The summed E-state index contributed by atoms with van der Waals surface area (Å²) in [5.74, 6) is 0.0366. The molecule has 0 heterocycles. The van der Waals surface area contributed by atoms with E-state index in [1.54, 1.807) is 24.3 Å². The molecule has 0 saturated carbocycles. The van der Waals surface area contributed by atoms with Gasteiger partial charge in [0.15, 0.2) is 11.5 Å². The molecule has 2 rings (SSSR count). The second-order valence-electron chi connectivity index (χ2n) is 15.5. The molecule has 0 amide bonds. The first-order valence-electron chi connectivity index (χ1n) is 15.6. The highest BCUT2D eigenvalue weighted by Crippen LogP contribution is 2.48. The number of benzene rings is 2. The summed E-state index contributed by atoms with van der Waals surface area (Å²) in [5, 5.41) is 0. The van der Waals surface area contributed by atoms with E-state index in [-0.39, 0.29) is 0 Å². The lowest BCUT2D eigenvalue weighted by molar-refractivity contribution is 0.0495. The van der Waals surface area contributed by atoms with Crippen molar-refractivity contribution in [3.8, 4) is 11.5 Å². The third-order valence-corrected chi connectivity index (χ3v) is 7.75. The van der Waals surface area contributed by atoms with Gasteiger partial charge in [-0.25, -0.2) is 18.6 Å². The summed E-state index contributed by atoms with van der Waals surface area (Å²) in [6.45, 7) is 28.7. The fraction of sp³-hybridized carbons (Fsp3) is 0.611. The van der Waals surface area contributed by atoms with Crippen molar-refractivity contribution in [3.63, 3.8) is 0 Å². The summed E-state index contributed by atoms with van der Waals surface area (Å²) < 4.78 is 37.4.